The molecule has 0 aliphatic carbocycles. The van der Waals surface area contributed by atoms with Gasteiger partial charge in [0.05, 0.1) is 26.1 Å². The number of benzene rings is 2. The van der Waals surface area contributed by atoms with Crippen LogP contribution in [0.1, 0.15) is 131 Å². The molecule has 3 aromatic rings. The van der Waals surface area contributed by atoms with Crippen molar-refractivity contribution in [3.05, 3.63) is 93.5 Å². The van der Waals surface area contributed by atoms with Gasteiger partial charge in [0.1, 0.15) is 53.1 Å². The van der Waals surface area contributed by atoms with Crippen molar-refractivity contribution in [1.29, 1.82) is 0 Å². The molecule has 2 aromatic carbocycles. The first-order chi connectivity index (χ1) is 41.2. The van der Waals surface area contributed by atoms with Gasteiger partial charge in [0.2, 0.25) is 18.1 Å². The van der Waals surface area contributed by atoms with Crippen molar-refractivity contribution in [2.24, 2.45) is 23.7 Å². The molecule has 3 fully saturated rings. The third kappa shape index (κ3) is 16.7. The first-order valence-electron chi connectivity index (χ1n) is 30.1. The molecule has 474 valence electrons. The molecule has 7 rings (SSSR count). The zero-order chi connectivity index (χ0) is 63.5. The first kappa shape index (κ1) is 67.7. The number of carboxylic acids is 1. The Morgan fingerprint density at radius 2 is 1.66 bits per heavy atom. The van der Waals surface area contributed by atoms with Gasteiger partial charge < -0.3 is 60.0 Å². The van der Waals surface area contributed by atoms with Crippen LogP contribution in [0.25, 0.3) is 0 Å². The van der Waals surface area contributed by atoms with Gasteiger partial charge in [-0.1, -0.05) is 71.4 Å². The van der Waals surface area contributed by atoms with E-state index in [-0.39, 0.29) is 99.1 Å². The quantitative estimate of drug-likeness (QED) is 0.0285. The number of likely N-dealkylation sites (N-methyl/N-ethyl adjacent to an activating group) is 1. The molecule has 24 heteroatoms. The van der Waals surface area contributed by atoms with E-state index in [0.29, 0.717) is 47.4 Å². The Hall–Kier alpha value is -6.80. The molecule has 0 radical (unpaired) electrons. The van der Waals surface area contributed by atoms with Gasteiger partial charge in [0.15, 0.2) is 17.4 Å². The lowest BCUT2D eigenvalue weighted by Crippen LogP contribution is -2.76. The number of amides is 5. The maximum atomic E-state index is 15.1. The third-order valence-corrected chi connectivity index (χ3v) is 18.6. The molecule has 87 heavy (non-hydrogen) atoms. The summed E-state index contributed by atoms with van der Waals surface area (Å²) < 4.78 is 17.8. The standard InChI is InChI=1S/C63H85N7O16S/c1-9-37(4)45(59(80)68(7)47(36(2)3)30-52(85-39(6)71)58-67-46(33-87-58)57(79)66-43(25-38(5)60(81)82)27-40-15-11-10-12-16-40)29-49(73)48-17-13-14-24-70(48,8)31-41-18-19-51(86-61-56(78)55(77)50(74)32-84-61)42(26-41)28-44(72)22-23-65-62(83)63(34-64-35-63)69-53(75)20-21-54(69)76/h10-12,15-16,18-21,26,33,36-38,43,45,47-48,50,52,55-56,61,64,74,77-78H,9,13-14,17,22-25,27-32,34-35H2,1-8H3,(H2-,65,66,79,81,82,83)/p+1/t37-,38-,43+,45-,47-,48+,50?,52-,55-,56?,61-,70?/m0/s1. The summed E-state index contributed by atoms with van der Waals surface area (Å²) in [5, 5.41) is 51.6. The number of carbonyl (C=O) groups excluding carboxylic acids is 8. The average Bonchev–Trinajstić information content (AvgIpc) is 2.38. The van der Waals surface area contributed by atoms with E-state index in [2.05, 4.69) is 20.9 Å². The summed E-state index contributed by atoms with van der Waals surface area (Å²) in [7, 11) is 3.71. The van der Waals surface area contributed by atoms with Crippen LogP contribution in [-0.2, 0) is 67.2 Å². The van der Waals surface area contributed by atoms with Crippen molar-refractivity contribution in [2.75, 3.05) is 46.9 Å². The summed E-state index contributed by atoms with van der Waals surface area (Å²) in [6.07, 6.45) is -1.63. The van der Waals surface area contributed by atoms with Gasteiger partial charge in [0, 0.05) is 112 Å². The number of rotatable bonds is 30. The monoisotopic (exact) mass is 1230 g/mol. The lowest BCUT2D eigenvalue weighted by molar-refractivity contribution is -0.941. The molecule has 3 unspecified atom stereocenters. The maximum absolute atomic E-state index is 15.1. The summed E-state index contributed by atoms with van der Waals surface area (Å²) >= 11 is 1.13. The topological polar surface area (TPSA) is 318 Å². The number of nitrogens with one attached hydrogen (secondary N) is 3. The maximum Gasteiger partial charge on any atom is 0.306 e. The molecule has 3 saturated heterocycles. The number of aliphatic hydroxyl groups is 3. The number of piperidine rings is 1. The second-order valence-electron chi connectivity index (χ2n) is 24.5. The fourth-order valence-electron chi connectivity index (χ4n) is 12.3. The van der Waals surface area contributed by atoms with Crippen LogP contribution in [0.4, 0.5) is 0 Å². The van der Waals surface area contributed by atoms with Gasteiger partial charge >= 0.3 is 11.9 Å². The highest BCUT2D eigenvalue weighted by atomic mass is 32.1. The highest BCUT2D eigenvalue weighted by molar-refractivity contribution is 7.09. The van der Waals surface area contributed by atoms with Crippen molar-refractivity contribution >= 4 is 64.4 Å². The molecule has 0 bridgehead atoms. The van der Waals surface area contributed by atoms with E-state index in [0.717, 1.165) is 52.4 Å². The number of imide groups is 1. The number of nitrogens with zero attached hydrogens (tertiary/aromatic N) is 4. The Labute approximate surface area is 511 Å². The van der Waals surface area contributed by atoms with Gasteiger partial charge in [-0.2, -0.15) is 0 Å². The molecule has 4 aliphatic rings. The lowest BCUT2D eigenvalue weighted by atomic mass is 9.82. The highest BCUT2D eigenvalue weighted by Crippen LogP contribution is 2.36. The number of ether oxygens (including phenoxy) is 3. The van der Waals surface area contributed by atoms with E-state index in [4.69, 9.17) is 14.2 Å². The predicted molar refractivity (Wildman–Crippen MR) is 318 cm³/mol. The van der Waals surface area contributed by atoms with E-state index in [1.165, 1.54) is 6.92 Å². The number of aliphatic carboxylic acids is 1. The number of likely N-dealkylation sites (tertiary alicyclic amines) is 1. The number of aliphatic hydroxyl groups excluding tert-OH is 3. The summed E-state index contributed by atoms with van der Waals surface area (Å²) in [4.78, 5) is 128. The number of esters is 1. The molecule has 5 heterocycles. The van der Waals surface area contributed by atoms with Crippen LogP contribution in [-0.4, -0.2) is 188 Å². The van der Waals surface area contributed by atoms with Crippen molar-refractivity contribution in [1.82, 2.24) is 30.7 Å². The molecule has 5 amide bonds. The molecule has 12 atom stereocenters. The Morgan fingerprint density at radius 1 is 0.954 bits per heavy atom. The van der Waals surface area contributed by atoms with Gasteiger partial charge in [-0.05, 0) is 61.3 Å². The van der Waals surface area contributed by atoms with Crippen LogP contribution in [0.5, 0.6) is 5.75 Å². The third-order valence-electron chi connectivity index (χ3n) is 17.7. The van der Waals surface area contributed by atoms with Crippen molar-refractivity contribution < 1.29 is 82.3 Å². The lowest BCUT2D eigenvalue weighted by Gasteiger charge is -2.46. The number of carboxylic acid groups (broad SMARTS) is 1. The first-order valence-corrected chi connectivity index (χ1v) is 31.0. The number of aromatic nitrogens is 1. The van der Waals surface area contributed by atoms with Gasteiger partial charge in [-0.25, -0.2) is 4.98 Å². The fourth-order valence-corrected chi connectivity index (χ4v) is 13.1. The second kappa shape index (κ2) is 29.9. The molecular formula is C63H86N7O16S+. The number of quaternary nitrogens is 1. The Kier molecular flexibility index (Phi) is 23.3. The van der Waals surface area contributed by atoms with Crippen molar-refractivity contribution in [3.8, 4) is 5.75 Å². The van der Waals surface area contributed by atoms with Crippen molar-refractivity contribution in [2.45, 2.75) is 167 Å². The SMILES string of the molecule is CC[C@H](C)[C@H](CC(=O)[C@H]1CCCC[N+]1(C)Cc1ccc(O[C@@H]2OCC(O)[C@H](O)C2O)c(CC(=O)CCNC(=O)C2(N3C(=O)C=CC3=O)CNC2)c1)C(=O)N(C)[C@@H](C[C@H](OC(C)=O)c1nc(C(=O)N[C@@H](Cc2ccccc2)C[C@H](C)C(=O)O)cs1)C(C)C. The van der Waals surface area contributed by atoms with Crippen molar-refractivity contribution in [3.63, 3.8) is 0 Å². The minimum atomic E-state index is -1.64. The number of thiazole rings is 1. The Morgan fingerprint density at radius 3 is 2.29 bits per heavy atom. The van der Waals surface area contributed by atoms with Gasteiger partial charge in [0.25, 0.3) is 17.7 Å². The zero-order valence-electron chi connectivity index (χ0n) is 51.0. The Balaban J connectivity index is 1.05. The van der Waals surface area contributed by atoms with Crippen LogP contribution < -0.4 is 20.7 Å². The van der Waals surface area contributed by atoms with E-state index in [1.807, 2.05) is 65.1 Å². The summed E-state index contributed by atoms with van der Waals surface area (Å²) in [6.45, 7) is 11.3. The van der Waals surface area contributed by atoms with Gasteiger partial charge in [-0.3, -0.25) is 48.1 Å². The summed E-state index contributed by atoms with van der Waals surface area (Å²) in [5.41, 5.74) is 0.694. The van der Waals surface area contributed by atoms with E-state index in [1.54, 1.807) is 42.5 Å². The number of hydrogen-bond donors (Lipinski definition) is 7. The number of ketones is 2. The van der Waals surface area contributed by atoms with E-state index >= 15 is 9.59 Å². The van der Waals surface area contributed by atoms with E-state index in [9.17, 15) is 54.0 Å². The van der Waals surface area contributed by atoms with Crippen LogP contribution in [0.2, 0.25) is 0 Å². The van der Waals surface area contributed by atoms with Crippen LogP contribution in [0, 0.1) is 23.7 Å². The minimum absolute atomic E-state index is 0.0389. The van der Waals surface area contributed by atoms with Crippen LogP contribution in [0.15, 0.2) is 66.1 Å². The van der Waals surface area contributed by atoms with Crippen LogP contribution in [0.3, 0.4) is 0 Å². The second-order valence-corrected chi connectivity index (χ2v) is 25.4. The van der Waals surface area contributed by atoms with E-state index < -0.39 is 102 Å². The normalized spacial score (nSPS) is 23.8. The molecule has 0 saturated carbocycles. The molecule has 7 N–H and O–H groups in total. The van der Waals surface area contributed by atoms with Crippen LogP contribution >= 0.6 is 11.3 Å². The summed E-state index contributed by atoms with van der Waals surface area (Å²) in [6, 6.07) is 13.1. The molecular weight excluding hydrogens is 1140 g/mol. The fraction of sp³-hybridized carbons (Fsp3) is 0.587. The average molecular weight is 1230 g/mol. The largest absolute Gasteiger partial charge is 0.481 e. The minimum Gasteiger partial charge on any atom is -0.481 e. The molecule has 1 aromatic heterocycles. The predicted octanol–water partition coefficient (Wildman–Crippen LogP) is 3.60. The molecule has 0 spiro atoms. The van der Waals surface area contributed by atoms with Gasteiger partial charge in [-0.15, -0.1) is 11.3 Å². The molecule has 4 aliphatic heterocycles. The zero-order valence-corrected chi connectivity index (χ0v) is 51.8. The highest BCUT2D eigenvalue weighted by Gasteiger charge is 2.54. The smallest absolute Gasteiger partial charge is 0.306 e. The number of Topliss-reactive ketones (excluding diaryl/α,β-unsaturated/α-hetero) is 2. The summed E-state index contributed by atoms with van der Waals surface area (Å²) in [5.74, 6) is -6.18. The Bertz CT molecular complexity index is 2990. The number of hydrogen-bond acceptors (Lipinski definition) is 18. The number of carbonyl (C=O) groups is 9. The molecule has 23 nitrogen and oxygen atoms in total.